The largest absolute Gasteiger partial charge is 0.453 e. The maximum Gasteiger partial charge on any atom is 0.407 e. The number of hydrogen-bond donors (Lipinski definition) is 2. The topological polar surface area (TPSA) is 144 Å². The van der Waals surface area contributed by atoms with Gasteiger partial charge in [0.05, 0.1) is 18.6 Å². The molecule has 0 saturated carbocycles. The van der Waals surface area contributed by atoms with Gasteiger partial charge in [-0.3, -0.25) is 14.4 Å². The summed E-state index contributed by atoms with van der Waals surface area (Å²) in [6, 6.07) is 0.315. The van der Waals surface area contributed by atoms with Crippen LogP contribution in [0.15, 0.2) is 22.6 Å². The normalized spacial score (nSPS) is 17.0. The van der Waals surface area contributed by atoms with Crippen molar-refractivity contribution < 1.29 is 37.1 Å². The Balaban J connectivity index is 1.79. The number of ether oxygens (including phenoxy) is 1. The first kappa shape index (κ1) is 31.6. The molecule has 1 aliphatic rings. The first-order valence-electron chi connectivity index (χ1n) is 13.5. The van der Waals surface area contributed by atoms with E-state index in [0.29, 0.717) is 19.4 Å². The number of amides is 3. The fourth-order valence-electron chi connectivity index (χ4n) is 4.79. The molecule has 13 heteroatoms. The number of Topliss-reactive ketones (excluding diaryl/α,β-unsaturated/α-hetero) is 1. The van der Waals surface area contributed by atoms with Crippen molar-refractivity contribution in [1.29, 1.82) is 0 Å². The van der Waals surface area contributed by atoms with Crippen LogP contribution >= 0.6 is 0 Å². The third kappa shape index (κ3) is 6.88. The third-order valence-electron chi connectivity index (χ3n) is 7.25. The molecule has 0 radical (unpaired) electrons. The number of aromatic nitrogens is 2. The lowest BCUT2D eigenvalue weighted by Gasteiger charge is -2.31. The number of alkyl carbamates (subject to hydrolysis) is 1. The van der Waals surface area contributed by atoms with E-state index in [-0.39, 0.29) is 29.2 Å². The number of benzene rings is 1. The molecule has 1 aromatic heterocycles. The number of likely N-dealkylation sites (tertiary alicyclic amines) is 1. The molecule has 3 atom stereocenters. The van der Waals surface area contributed by atoms with E-state index in [1.165, 1.54) is 18.1 Å². The van der Waals surface area contributed by atoms with Gasteiger partial charge < -0.3 is 24.7 Å². The Kier molecular flexibility index (Phi) is 9.82. The van der Waals surface area contributed by atoms with Gasteiger partial charge >= 0.3 is 6.09 Å². The van der Waals surface area contributed by atoms with Crippen molar-refractivity contribution in [3.63, 3.8) is 0 Å². The van der Waals surface area contributed by atoms with E-state index >= 15 is 0 Å². The van der Waals surface area contributed by atoms with Crippen molar-refractivity contribution >= 4 is 23.7 Å². The van der Waals surface area contributed by atoms with Crippen molar-refractivity contribution in [3.05, 3.63) is 47.2 Å². The molecule has 3 rings (SSSR count). The van der Waals surface area contributed by atoms with Crippen LogP contribution in [0.25, 0.3) is 0 Å². The van der Waals surface area contributed by atoms with Crippen LogP contribution in [0.2, 0.25) is 0 Å². The zero-order chi connectivity index (χ0) is 30.6. The molecule has 0 bridgehead atoms. The number of ketones is 1. The van der Waals surface area contributed by atoms with Crippen molar-refractivity contribution in [1.82, 2.24) is 25.7 Å². The summed E-state index contributed by atoms with van der Waals surface area (Å²) in [5, 5.41) is 13.1. The number of carbonyl (C=O) groups is 4. The van der Waals surface area contributed by atoms with Crippen LogP contribution in [0.4, 0.5) is 13.6 Å². The highest BCUT2D eigenvalue weighted by Gasteiger charge is 2.41. The van der Waals surface area contributed by atoms with Gasteiger partial charge in [-0.05, 0) is 44.6 Å². The fraction of sp³-hybridized carbons (Fsp3) is 0.571. The van der Waals surface area contributed by atoms with Gasteiger partial charge in [-0.1, -0.05) is 33.8 Å². The summed E-state index contributed by atoms with van der Waals surface area (Å²) < 4.78 is 38.2. The minimum absolute atomic E-state index is 0.0643. The Hall–Kier alpha value is -3.90. The minimum Gasteiger partial charge on any atom is -0.453 e. The third-order valence-corrected chi connectivity index (χ3v) is 7.25. The number of nitrogens with zero attached hydrogens (tertiary/aromatic N) is 3. The van der Waals surface area contributed by atoms with Crippen LogP contribution in [-0.2, 0) is 19.7 Å². The van der Waals surface area contributed by atoms with E-state index in [1.807, 2.05) is 0 Å². The van der Waals surface area contributed by atoms with Crippen molar-refractivity contribution in [3.8, 4) is 0 Å². The van der Waals surface area contributed by atoms with Gasteiger partial charge in [0.25, 0.3) is 5.89 Å². The molecule has 41 heavy (non-hydrogen) atoms. The summed E-state index contributed by atoms with van der Waals surface area (Å²) in [5.41, 5.74) is -1.09. The lowest BCUT2D eigenvalue weighted by Crippen LogP contribution is -2.57. The van der Waals surface area contributed by atoms with Gasteiger partial charge in [-0.25, -0.2) is 13.6 Å². The fourth-order valence-corrected chi connectivity index (χ4v) is 4.79. The van der Waals surface area contributed by atoms with E-state index in [1.54, 1.807) is 41.5 Å². The molecule has 2 aromatic rings. The van der Waals surface area contributed by atoms with Gasteiger partial charge in [0.2, 0.25) is 23.5 Å². The number of rotatable bonds is 10. The molecular weight excluding hydrogens is 540 g/mol. The molecule has 2 N–H and O–H groups in total. The first-order valence-corrected chi connectivity index (χ1v) is 13.5. The van der Waals surface area contributed by atoms with Crippen LogP contribution < -0.4 is 10.6 Å². The first-order chi connectivity index (χ1) is 19.2. The summed E-state index contributed by atoms with van der Waals surface area (Å²) in [6.07, 6.45) is 0.184. The van der Waals surface area contributed by atoms with E-state index in [2.05, 4.69) is 25.6 Å². The second kappa shape index (κ2) is 12.7. The summed E-state index contributed by atoms with van der Waals surface area (Å²) in [4.78, 5) is 53.3. The molecular formula is C28H37F2N5O6. The van der Waals surface area contributed by atoms with Crippen LogP contribution in [0, 0.1) is 23.5 Å². The summed E-state index contributed by atoms with van der Waals surface area (Å²) in [6.45, 7) is 10.5. The van der Waals surface area contributed by atoms with Crippen molar-refractivity contribution in [2.45, 2.75) is 77.9 Å². The van der Waals surface area contributed by atoms with E-state index in [4.69, 9.17) is 4.42 Å². The average Bonchev–Trinajstić information content (AvgIpc) is 3.59. The summed E-state index contributed by atoms with van der Waals surface area (Å²) in [5.74, 6) is -4.24. The van der Waals surface area contributed by atoms with Crippen LogP contribution in [-0.4, -0.2) is 70.6 Å². The molecule has 1 aromatic carbocycles. The summed E-state index contributed by atoms with van der Waals surface area (Å²) in [7, 11) is 1.20. The lowest BCUT2D eigenvalue weighted by molar-refractivity contribution is -0.141. The van der Waals surface area contributed by atoms with Gasteiger partial charge in [0, 0.05) is 18.2 Å². The smallest absolute Gasteiger partial charge is 0.407 e. The Bertz CT molecular complexity index is 1290. The lowest BCUT2D eigenvalue weighted by atomic mass is 9.84. The van der Waals surface area contributed by atoms with E-state index in [9.17, 15) is 28.0 Å². The van der Waals surface area contributed by atoms with Crippen LogP contribution in [0.5, 0.6) is 0 Å². The molecule has 2 heterocycles. The monoisotopic (exact) mass is 577 g/mol. The molecule has 1 aliphatic heterocycles. The predicted octanol–water partition coefficient (Wildman–Crippen LogP) is 3.37. The average molecular weight is 578 g/mol. The zero-order valence-electron chi connectivity index (χ0n) is 24.3. The second-order valence-corrected chi connectivity index (χ2v) is 11.3. The molecule has 1 saturated heterocycles. The van der Waals surface area contributed by atoms with Gasteiger partial charge in [0.1, 0.15) is 23.7 Å². The van der Waals surface area contributed by atoms with E-state index in [0.717, 1.165) is 12.1 Å². The predicted molar refractivity (Wildman–Crippen MR) is 143 cm³/mol. The quantitative estimate of drug-likeness (QED) is 0.409. The Morgan fingerprint density at radius 2 is 1.71 bits per heavy atom. The number of nitrogens with one attached hydrogen (secondary N) is 2. The molecule has 0 unspecified atom stereocenters. The Labute approximate surface area is 237 Å². The Morgan fingerprint density at radius 1 is 1.05 bits per heavy atom. The van der Waals surface area contributed by atoms with Gasteiger partial charge in [-0.2, -0.15) is 0 Å². The maximum atomic E-state index is 14.5. The van der Waals surface area contributed by atoms with Crippen LogP contribution in [0.1, 0.15) is 76.5 Å². The SMILES string of the molecule is COC(=O)N[C@H](C(=O)N1CCC[C@H]1C(=O)N[C@H](C(=O)c1nnc(C(C)(C)c2ccc(F)cc2F)o1)C(C)C)C(C)C. The van der Waals surface area contributed by atoms with Gasteiger partial charge in [0.15, 0.2) is 0 Å². The minimum atomic E-state index is -1.18. The second-order valence-electron chi connectivity index (χ2n) is 11.3. The maximum absolute atomic E-state index is 14.5. The molecule has 0 spiro atoms. The van der Waals surface area contributed by atoms with Crippen molar-refractivity contribution in [2.75, 3.05) is 13.7 Å². The number of halogens is 2. The van der Waals surface area contributed by atoms with Crippen LogP contribution in [0.3, 0.4) is 0 Å². The van der Waals surface area contributed by atoms with E-state index < -0.39 is 58.9 Å². The highest BCUT2D eigenvalue weighted by Crippen LogP contribution is 2.33. The molecule has 11 nitrogen and oxygen atoms in total. The molecule has 0 aliphatic carbocycles. The number of methoxy groups -OCH3 is 1. The molecule has 1 fully saturated rings. The Morgan fingerprint density at radius 3 is 2.29 bits per heavy atom. The number of carbonyl (C=O) groups excluding carboxylic acids is 4. The zero-order valence-corrected chi connectivity index (χ0v) is 24.3. The molecule has 224 valence electrons. The molecule has 3 amide bonds. The van der Waals surface area contributed by atoms with Crippen molar-refractivity contribution in [2.24, 2.45) is 11.8 Å². The highest BCUT2D eigenvalue weighted by atomic mass is 19.1. The highest BCUT2D eigenvalue weighted by molar-refractivity contribution is 6.00. The standard InChI is InChI=1S/C28H37F2N5O6/c1-14(2)20(22(36)24-33-34-26(41-24)28(5,6)17-11-10-16(29)13-18(17)30)31-23(37)19-9-8-12-35(19)25(38)21(15(3)4)32-27(39)40-7/h10-11,13-15,19-21H,8-9,12H2,1-7H3,(H,31,37)(H,32,39)/t19-,20-,21-/m0/s1. The summed E-state index contributed by atoms with van der Waals surface area (Å²) >= 11 is 0. The van der Waals surface area contributed by atoms with Gasteiger partial charge in [-0.15, -0.1) is 10.2 Å². The number of hydrogen-bond acceptors (Lipinski definition) is 8.